The van der Waals surface area contributed by atoms with Gasteiger partial charge in [0, 0.05) is 12.4 Å². The average molecular weight is 173 g/mol. The van der Waals surface area contributed by atoms with Gasteiger partial charge in [-0.05, 0) is 0 Å². The average Bonchev–Trinajstić information content (AvgIpc) is 2.04. The number of hydrogen-bond acceptors (Lipinski definition) is 3. The number of hydrogen-bond donors (Lipinski definition) is 1. The number of halogens is 1. The molecular weight excluding hydrogens is 168 g/mol. The zero-order valence-corrected chi connectivity index (χ0v) is 6.25. The minimum Gasteiger partial charge on any atom is -0.476 e. The van der Waals surface area contributed by atoms with Gasteiger partial charge in [-0.1, -0.05) is 0 Å². The second kappa shape index (κ2) is 3.30. The SMILES string of the molecule is O=C(O)c1nccnc1CCl. The van der Waals surface area contributed by atoms with Crippen LogP contribution in [0.25, 0.3) is 0 Å². The van der Waals surface area contributed by atoms with Crippen LogP contribution in [0.4, 0.5) is 0 Å². The number of rotatable bonds is 2. The molecule has 4 nitrogen and oxygen atoms in total. The van der Waals surface area contributed by atoms with E-state index in [0.29, 0.717) is 5.69 Å². The maximum absolute atomic E-state index is 10.4. The number of aromatic nitrogens is 2. The lowest BCUT2D eigenvalue weighted by molar-refractivity contribution is 0.0689. The normalized spacial score (nSPS) is 9.55. The van der Waals surface area contributed by atoms with Crippen LogP contribution in [0.5, 0.6) is 0 Å². The molecule has 5 heteroatoms. The summed E-state index contributed by atoms with van der Waals surface area (Å²) in [5.41, 5.74) is 0.212. The summed E-state index contributed by atoms with van der Waals surface area (Å²) >= 11 is 5.41. The smallest absolute Gasteiger partial charge is 0.356 e. The monoisotopic (exact) mass is 172 g/mol. The Kier molecular flexibility index (Phi) is 2.38. The van der Waals surface area contributed by atoms with Crippen molar-refractivity contribution in [2.75, 3.05) is 0 Å². The van der Waals surface area contributed by atoms with E-state index in [4.69, 9.17) is 16.7 Å². The number of carboxylic acids is 1. The number of carbonyl (C=O) groups is 1. The first-order chi connectivity index (χ1) is 5.25. The first kappa shape index (κ1) is 7.94. The van der Waals surface area contributed by atoms with E-state index in [1.807, 2.05) is 0 Å². The topological polar surface area (TPSA) is 63.1 Å². The summed E-state index contributed by atoms with van der Waals surface area (Å²) in [6.45, 7) is 0. The molecule has 1 aromatic heterocycles. The Morgan fingerprint density at radius 3 is 2.64 bits per heavy atom. The van der Waals surface area contributed by atoms with Crippen LogP contribution in [-0.2, 0) is 5.88 Å². The first-order valence-electron chi connectivity index (χ1n) is 2.85. The van der Waals surface area contributed by atoms with Gasteiger partial charge in [-0.2, -0.15) is 0 Å². The summed E-state index contributed by atoms with van der Waals surface area (Å²) < 4.78 is 0. The molecule has 1 N–H and O–H groups in total. The molecule has 0 unspecified atom stereocenters. The van der Waals surface area contributed by atoms with Crippen LogP contribution >= 0.6 is 11.6 Å². The Labute approximate surface area is 67.9 Å². The number of aromatic carboxylic acids is 1. The molecule has 1 rings (SSSR count). The van der Waals surface area contributed by atoms with E-state index in [1.54, 1.807) is 0 Å². The van der Waals surface area contributed by atoms with E-state index in [2.05, 4.69) is 9.97 Å². The van der Waals surface area contributed by atoms with E-state index in [9.17, 15) is 4.79 Å². The molecule has 11 heavy (non-hydrogen) atoms. The molecule has 0 bridgehead atoms. The molecule has 0 aromatic carbocycles. The van der Waals surface area contributed by atoms with E-state index in [-0.39, 0.29) is 11.6 Å². The van der Waals surface area contributed by atoms with Gasteiger partial charge in [-0.25, -0.2) is 9.78 Å². The van der Waals surface area contributed by atoms with Crippen molar-refractivity contribution in [2.45, 2.75) is 5.88 Å². The fourth-order valence-corrected chi connectivity index (χ4v) is 0.839. The van der Waals surface area contributed by atoms with Gasteiger partial charge in [0.15, 0.2) is 5.69 Å². The van der Waals surface area contributed by atoms with Crippen LogP contribution in [-0.4, -0.2) is 21.0 Å². The van der Waals surface area contributed by atoms with E-state index >= 15 is 0 Å². The largest absolute Gasteiger partial charge is 0.476 e. The molecule has 0 aliphatic heterocycles. The van der Waals surface area contributed by atoms with Crippen LogP contribution in [0.1, 0.15) is 16.2 Å². The van der Waals surface area contributed by atoms with Crippen LogP contribution < -0.4 is 0 Å². The van der Waals surface area contributed by atoms with Gasteiger partial charge in [0.2, 0.25) is 0 Å². The van der Waals surface area contributed by atoms with Crippen LogP contribution in [0.2, 0.25) is 0 Å². The number of alkyl halides is 1. The van der Waals surface area contributed by atoms with E-state index in [1.165, 1.54) is 12.4 Å². The quantitative estimate of drug-likeness (QED) is 0.674. The molecule has 0 aliphatic carbocycles. The second-order valence-corrected chi connectivity index (χ2v) is 2.06. The first-order valence-corrected chi connectivity index (χ1v) is 3.38. The lowest BCUT2D eigenvalue weighted by atomic mass is 10.3. The Morgan fingerprint density at radius 1 is 1.55 bits per heavy atom. The van der Waals surface area contributed by atoms with Gasteiger partial charge in [-0.15, -0.1) is 11.6 Å². The molecule has 0 aliphatic rings. The zero-order valence-electron chi connectivity index (χ0n) is 5.49. The summed E-state index contributed by atoms with van der Waals surface area (Å²) in [6, 6.07) is 0. The number of carboxylic acid groups (broad SMARTS) is 1. The van der Waals surface area contributed by atoms with Crippen molar-refractivity contribution in [3.05, 3.63) is 23.8 Å². The predicted molar refractivity (Wildman–Crippen MR) is 38.5 cm³/mol. The molecular formula is C6H5ClN2O2. The highest BCUT2D eigenvalue weighted by molar-refractivity contribution is 6.17. The van der Waals surface area contributed by atoms with Crippen LogP contribution in [0, 0.1) is 0 Å². The standard InChI is InChI=1S/C6H5ClN2O2/c7-3-4-5(6(10)11)9-2-1-8-4/h1-2H,3H2,(H,10,11). The van der Waals surface area contributed by atoms with E-state index < -0.39 is 5.97 Å². The van der Waals surface area contributed by atoms with Crippen molar-refractivity contribution in [2.24, 2.45) is 0 Å². The van der Waals surface area contributed by atoms with Gasteiger partial charge < -0.3 is 5.11 Å². The molecule has 1 aromatic rings. The molecule has 0 saturated heterocycles. The van der Waals surface area contributed by atoms with Gasteiger partial charge in [0.05, 0.1) is 11.6 Å². The van der Waals surface area contributed by atoms with Crippen molar-refractivity contribution in [1.82, 2.24) is 9.97 Å². The van der Waals surface area contributed by atoms with Gasteiger partial charge >= 0.3 is 5.97 Å². The highest BCUT2D eigenvalue weighted by Crippen LogP contribution is 2.03. The lowest BCUT2D eigenvalue weighted by Gasteiger charge is -1.96. The minimum atomic E-state index is -1.10. The zero-order chi connectivity index (χ0) is 8.27. The van der Waals surface area contributed by atoms with Crippen LogP contribution in [0.15, 0.2) is 12.4 Å². The molecule has 58 valence electrons. The number of nitrogens with zero attached hydrogens (tertiary/aromatic N) is 2. The summed E-state index contributed by atoms with van der Waals surface area (Å²) in [5.74, 6) is -1.04. The van der Waals surface area contributed by atoms with Crippen molar-refractivity contribution >= 4 is 17.6 Å². The van der Waals surface area contributed by atoms with E-state index in [0.717, 1.165) is 0 Å². The lowest BCUT2D eigenvalue weighted by Crippen LogP contribution is -2.05. The Bertz CT molecular complexity index is 277. The summed E-state index contributed by atoms with van der Waals surface area (Å²) in [4.78, 5) is 17.8. The fraction of sp³-hybridized carbons (Fsp3) is 0.167. The highest BCUT2D eigenvalue weighted by atomic mass is 35.5. The molecule has 0 atom stereocenters. The van der Waals surface area contributed by atoms with Crippen molar-refractivity contribution in [3.63, 3.8) is 0 Å². The van der Waals surface area contributed by atoms with Gasteiger partial charge in [0.25, 0.3) is 0 Å². The van der Waals surface area contributed by atoms with Gasteiger partial charge in [0.1, 0.15) is 0 Å². The Balaban J connectivity index is 3.12. The maximum atomic E-state index is 10.4. The summed E-state index contributed by atoms with van der Waals surface area (Å²) in [7, 11) is 0. The molecule has 0 fully saturated rings. The van der Waals surface area contributed by atoms with Crippen LogP contribution in [0.3, 0.4) is 0 Å². The van der Waals surface area contributed by atoms with Gasteiger partial charge in [-0.3, -0.25) is 4.98 Å². The third-order valence-electron chi connectivity index (χ3n) is 1.10. The van der Waals surface area contributed by atoms with Crippen molar-refractivity contribution < 1.29 is 9.90 Å². The Hall–Kier alpha value is -1.16. The maximum Gasteiger partial charge on any atom is 0.356 e. The third kappa shape index (κ3) is 1.65. The van der Waals surface area contributed by atoms with Crippen molar-refractivity contribution in [3.8, 4) is 0 Å². The second-order valence-electron chi connectivity index (χ2n) is 1.79. The summed E-state index contributed by atoms with van der Waals surface area (Å²) in [6.07, 6.45) is 2.73. The third-order valence-corrected chi connectivity index (χ3v) is 1.36. The Morgan fingerprint density at radius 2 is 2.18 bits per heavy atom. The minimum absolute atomic E-state index is 0.0650. The predicted octanol–water partition coefficient (Wildman–Crippen LogP) is 0.914. The fourth-order valence-electron chi connectivity index (χ4n) is 0.643. The molecule has 1 heterocycles. The highest BCUT2D eigenvalue weighted by Gasteiger charge is 2.10. The molecule has 0 spiro atoms. The van der Waals surface area contributed by atoms with Crippen molar-refractivity contribution in [1.29, 1.82) is 0 Å². The molecule has 0 saturated carbocycles. The molecule has 0 radical (unpaired) electrons. The summed E-state index contributed by atoms with van der Waals surface area (Å²) in [5, 5.41) is 8.54. The molecule has 0 amide bonds.